The number of esters is 1. The highest BCUT2D eigenvalue weighted by Crippen LogP contribution is 2.07. The maximum absolute atomic E-state index is 10.8. The van der Waals surface area contributed by atoms with Crippen LogP contribution in [0.15, 0.2) is 0 Å². The molecule has 0 aliphatic heterocycles. The second kappa shape index (κ2) is 23.9. The highest BCUT2D eigenvalue weighted by molar-refractivity contribution is 5.90. The van der Waals surface area contributed by atoms with Crippen LogP contribution in [0.3, 0.4) is 0 Å². The minimum Gasteiger partial charge on any atom is -0.481 e. The number of carbonyl (C=O) groups is 2. The van der Waals surface area contributed by atoms with E-state index in [4.69, 9.17) is 14.9 Å². The van der Waals surface area contributed by atoms with Crippen molar-refractivity contribution in [1.82, 2.24) is 0 Å². The van der Waals surface area contributed by atoms with Crippen LogP contribution in [0.5, 0.6) is 0 Å². The molecule has 0 amide bonds. The van der Waals surface area contributed by atoms with Crippen LogP contribution in [-0.4, -0.2) is 35.4 Å². The number of aliphatic carboxylic acids is 1. The number of carbonyl (C=O) groups excluding carboxylic acids is 1. The Balaban J connectivity index is 0. The number of carboxylic acid groups (broad SMARTS) is 1. The van der Waals surface area contributed by atoms with Gasteiger partial charge in [-0.1, -0.05) is 90.9 Å². The molecule has 156 valence electrons. The Kier molecular flexibility index (Phi) is 24.9. The molecular weight excluding hydrogens is 332 g/mol. The normalized spacial score (nSPS) is 10.1. The Morgan fingerprint density at radius 2 is 1.12 bits per heavy atom. The average molecular weight is 375 g/mol. The van der Waals surface area contributed by atoms with Crippen LogP contribution in [0.4, 0.5) is 0 Å². The lowest BCUT2D eigenvalue weighted by molar-refractivity contribution is -0.151. The minimum atomic E-state index is -1.13. The zero-order valence-electron chi connectivity index (χ0n) is 17.1. The van der Waals surface area contributed by atoms with E-state index in [0.717, 1.165) is 25.7 Å². The molecule has 0 saturated carbocycles. The first-order valence-corrected chi connectivity index (χ1v) is 10.6. The van der Waals surface area contributed by atoms with Crippen molar-refractivity contribution < 1.29 is 24.5 Å². The van der Waals surface area contributed by atoms with E-state index in [1.807, 2.05) is 0 Å². The van der Waals surface area contributed by atoms with Gasteiger partial charge in [0, 0.05) is 6.61 Å². The first-order chi connectivity index (χ1) is 12.6. The zero-order valence-corrected chi connectivity index (χ0v) is 17.1. The molecule has 0 bridgehead atoms. The smallest absolute Gasteiger partial charge is 0.317 e. The van der Waals surface area contributed by atoms with Gasteiger partial charge >= 0.3 is 11.9 Å². The topological polar surface area (TPSA) is 83.8 Å². The van der Waals surface area contributed by atoms with E-state index in [2.05, 4.69) is 13.8 Å². The van der Waals surface area contributed by atoms with Gasteiger partial charge in [-0.25, -0.2) is 0 Å². The van der Waals surface area contributed by atoms with Gasteiger partial charge in [0.05, 0.1) is 6.61 Å². The van der Waals surface area contributed by atoms with E-state index in [0.29, 0.717) is 13.2 Å². The minimum absolute atomic E-state index is 0.347. The molecule has 0 heterocycles. The first-order valence-electron chi connectivity index (χ1n) is 10.6. The van der Waals surface area contributed by atoms with E-state index in [1.165, 1.54) is 64.2 Å². The summed E-state index contributed by atoms with van der Waals surface area (Å²) in [5, 5.41) is 16.8. The van der Waals surface area contributed by atoms with Crippen LogP contribution >= 0.6 is 0 Å². The van der Waals surface area contributed by atoms with Gasteiger partial charge in [0.25, 0.3) is 0 Å². The Hall–Kier alpha value is -1.10. The predicted octanol–water partition coefficient (Wildman–Crippen LogP) is 5.48. The van der Waals surface area contributed by atoms with Gasteiger partial charge in [0.1, 0.15) is 6.42 Å². The Bertz CT molecular complexity index is 297. The highest BCUT2D eigenvalue weighted by Gasteiger charge is 2.07. The summed E-state index contributed by atoms with van der Waals surface area (Å²) in [5.41, 5.74) is 0. The van der Waals surface area contributed by atoms with Crippen LogP contribution in [0.25, 0.3) is 0 Å². The number of aliphatic hydroxyl groups is 1. The van der Waals surface area contributed by atoms with Crippen LogP contribution < -0.4 is 0 Å². The molecule has 0 atom stereocenters. The third kappa shape index (κ3) is 27.7. The highest BCUT2D eigenvalue weighted by atomic mass is 16.5. The molecule has 0 aromatic rings. The number of unbranched alkanes of at least 4 members (excludes halogenated alkanes) is 12. The molecule has 0 aromatic carbocycles. The summed E-state index contributed by atoms with van der Waals surface area (Å²) in [5.74, 6) is -1.77. The molecule has 0 aliphatic rings. The Morgan fingerprint density at radius 3 is 1.54 bits per heavy atom. The van der Waals surface area contributed by atoms with E-state index < -0.39 is 18.4 Å². The fraction of sp³-hybridized carbons (Fsp3) is 0.905. The lowest BCUT2D eigenvalue weighted by Gasteiger charge is -2.03. The van der Waals surface area contributed by atoms with Crippen molar-refractivity contribution in [1.29, 1.82) is 0 Å². The summed E-state index contributed by atoms with van der Waals surface area (Å²) in [7, 11) is 0. The van der Waals surface area contributed by atoms with Crippen molar-refractivity contribution in [2.45, 2.75) is 110 Å². The van der Waals surface area contributed by atoms with Gasteiger partial charge in [-0.3, -0.25) is 9.59 Å². The summed E-state index contributed by atoms with van der Waals surface area (Å²) in [6, 6.07) is 0. The SMILES string of the molecule is CCCCCCCCCO.CCCCCCCCCOC(=O)CC(=O)O. The van der Waals surface area contributed by atoms with E-state index >= 15 is 0 Å². The second-order valence-corrected chi connectivity index (χ2v) is 6.76. The van der Waals surface area contributed by atoms with Crippen LogP contribution in [0.2, 0.25) is 0 Å². The number of hydrogen-bond acceptors (Lipinski definition) is 4. The van der Waals surface area contributed by atoms with Gasteiger partial charge in [0.2, 0.25) is 0 Å². The van der Waals surface area contributed by atoms with Crippen molar-refractivity contribution in [2.24, 2.45) is 0 Å². The summed E-state index contributed by atoms with van der Waals surface area (Å²) >= 11 is 0. The fourth-order valence-corrected chi connectivity index (χ4v) is 2.49. The summed E-state index contributed by atoms with van der Waals surface area (Å²) in [6.45, 7) is 5.13. The van der Waals surface area contributed by atoms with Gasteiger partial charge in [0.15, 0.2) is 0 Å². The monoisotopic (exact) mass is 374 g/mol. The predicted molar refractivity (Wildman–Crippen MR) is 106 cm³/mol. The molecule has 0 aromatic heterocycles. The lowest BCUT2D eigenvalue weighted by Crippen LogP contribution is -2.11. The van der Waals surface area contributed by atoms with Crippen LogP contribution in [0, 0.1) is 0 Å². The maximum atomic E-state index is 10.8. The summed E-state index contributed by atoms with van der Waals surface area (Å²) in [6.07, 6.45) is 16.5. The van der Waals surface area contributed by atoms with Gasteiger partial charge < -0.3 is 14.9 Å². The summed E-state index contributed by atoms with van der Waals surface area (Å²) < 4.78 is 4.76. The molecule has 26 heavy (non-hydrogen) atoms. The van der Waals surface area contributed by atoms with E-state index in [9.17, 15) is 9.59 Å². The van der Waals surface area contributed by atoms with Crippen molar-refractivity contribution in [3.05, 3.63) is 0 Å². The van der Waals surface area contributed by atoms with Gasteiger partial charge in [-0.05, 0) is 12.8 Å². The van der Waals surface area contributed by atoms with Crippen molar-refractivity contribution in [2.75, 3.05) is 13.2 Å². The molecular formula is C21H42O5. The molecule has 0 aliphatic carbocycles. The molecule has 0 radical (unpaired) electrons. The zero-order chi connectivity index (χ0) is 19.9. The molecule has 2 N–H and O–H groups in total. The maximum Gasteiger partial charge on any atom is 0.317 e. The molecule has 0 fully saturated rings. The Labute approximate surface area is 160 Å². The number of rotatable bonds is 17. The number of ether oxygens (including phenoxy) is 1. The van der Waals surface area contributed by atoms with E-state index in [1.54, 1.807) is 0 Å². The van der Waals surface area contributed by atoms with E-state index in [-0.39, 0.29) is 0 Å². The van der Waals surface area contributed by atoms with Crippen LogP contribution in [-0.2, 0) is 14.3 Å². The standard InChI is InChI=1S/C12H22O4.C9H20O/c1-2-3-4-5-6-7-8-9-16-12(15)10-11(13)14;1-2-3-4-5-6-7-8-9-10/h2-10H2,1H3,(H,13,14);10H,2-9H2,1H3. The molecule has 0 spiro atoms. The van der Waals surface area contributed by atoms with Gasteiger partial charge in [-0.2, -0.15) is 0 Å². The first kappa shape index (κ1) is 27.1. The van der Waals surface area contributed by atoms with Crippen molar-refractivity contribution in [3.63, 3.8) is 0 Å². The number of carboxylic acids is 1. The third-order valence-electron chi connectivity index (χ3n) is 4.07. The quantitative estimate of drug-likeness (QED) is 0.200. The molecule has 0 saturated heterocycles. The average Bonchev–Trinajstić information content (AvgIpc) is 2.60. The van der Waals surface area contributed by atoms with Crippen LogP contribution in [0.1, 0.15) is 110 Å². The lowest BCUT2D eigenvalue weighted by atomic mass is 10.1. The van der Waals surface area contributed by atoms with Crippen molar-refractivity contribution in [3.8, 4) is 0 Å². The summed E-state index contributed by atoms with van der Waals surface area (Å²) in [4.78, 5) is 21.0. The number of aliphatic hydroxyl groups excluding tert-OH is 1. The molecule has 5 nitrogen and oxygen atoms in total. The molecule has 0 rings (SSSR count). The van der Waals surface area contributed by atoms with Crippen molar-refractivity contribution >= 4 is 11.9 Å². The molecule has 5 heteroatoms. The number of hydrogen-bond donors (Lipinski definition) is 2. The molecule has 0 unspecified atom stereocenters. The third-order valence-corrected chi connectivity index (χ3v) is 4.07. The Morgan fingerprint density at radius 1 is 0.692 bits per heavy atom. The second-order valence-electron chi connectivity index (χ2n) is 6.76. The largest absolute Gasteiger partial charge is 0.481 e. The fourth-order valence-electron chi connectivity index (χ4n) is 2.49. The van der Waals surface area contributed by atoms with Gasteiger partial charge in [-0.15, -0.1) is 0 Å².